The molecule has 0 bridgehead atoms. The van der Waals surface area contributed by atoms with Crippen LogP contribution in [-0.4, -0.2) is 6.04 Å². The third kappa shape index (κ3) is 2.83. The van der Waals surface area contributed by atoms with E-state index >= 15 is 0 Å². The van der Waals surface area contributed by atoms with Gasteiger partial charge in [-0.1, -0.05) is 23.2 Å². The third-order valence-electron chi connectivity index (χ3n) is 3.25. The molecule has 0 unspecified atom stereocenters. The Labute approximate surface area is 126 Å². The van der Waals surface area contributed by atoms with E-state index in [4.69, 9.17) is 28.9 Å². The van der Waals surface area contributed by atoms with Gasteiger partial charge in [-0.2, -0.15) is 11.3 Å². The standard InChI is InChI=1S/C14H14Cl2N2S/c15-12-5-10(17)6-13(16)14(12)18(11-1-2-11)7-9-3-4-19-8-9/h3-6,8,11H,1-2,7,17H2. The summed E-state index contributed by atoms with van der Waals surface area (Å²) in [5.74, 6) is 0. The van der Waals surface area contributed by atoms with Gasteiger partial charge in [-0.05, 0) is 47.4 Å². The molecule has 2 nitrogen and oxygen atoms in total. The highest BCUT2D eigenvalue weighted by Gasteiger charge is 2.31. The van der Waals surface area contributed by atoms with E-state index < -0.39 is 0 Å². The van der Waals surface area contributed by atoms with Crippen LogP contribution in [0.2, 0.25) is 10.0 Å². The zero-order chi connectivity index (χ0) is 13.4. The highest BCUT2D eigenvalue weighted by molar-refractivity contribution is 7.07. The summed E-state index contributed by atoms with van der Waals surface area (Å²) in [7, 11) is 0. The number of halogens is 2. The number of hydrogen-bond acceptors (Lipinski definition) is 3. The highest BCUT2D eigenvalue weighted by atomic mass is 35.5. The number of hydrogen-bond donors (Lipinski definition) is 1. The van der Waals surface area contributed by atoms with Crippen molar-refractivity contribution in [2.24, 2.45) is 0 Å². The fourth-order valence-corrected chi connectivity index (χ4v) is 3.60. The first kappa shape index (κ1) is 13.1. The number of benzene rings is 1. The minimum Gasteiger partial charge on any atom is -0.399 e. The summed E-state index contributed by atoms with van der Waals surface area (Å²) in [6.45, 7) is 0.845. The smallest absolute Gasteiger partial charge is 0.0752 e. The maximum Gasteiger partial charge on any atom is 0.0752 e. The van der Waals surface area contributed by atoms with Crippen LogP contribution in [0.3, 0.4) is 0 Å². The Morgan fingerprint density at radius 3 is 2.47 bits per heavy atom. The maximum absolute atomic E-state index is 6.34. The van der Waals surface area contributed by atoms with Gasteiger partial charge >= 0.3 is 0 Å². The monoisotopic (exact) mass is 312 g/mol. The minimum atomic E-state index is 0.540. The Balaban J connectivity index is 1.96. The van der Waals surface area contributed by atoms with Crippen LogP contribution < -0.4 is 10.6 Å². The van der Waals surface area contributed by atoms with Gasteiger partial charge in [0.15, 0.2) is 0 Å². The van der Waals surface area contributed by atoms with Gasteiger partial charge in [-0.3, -0.25) is 0 Å². The molecule has 0 radical (unpaired) electrons. The molecule has 1 aromatic carbocycles. The molecule has 1 fully saturated rings. The van der Waals surface area contributed by atoms with Gasteiger partial charge in [0.1, 0.15) is 0 Å². The van der Waals surface area contributed by atoms with Crippen molar-refractivity contribution in [3.63, 3.8) is 0 Å². The molecule has 1 aliphatic rings. The first-order chi connectivity index (χ1) is 9.15. The van der Waals surface area contributed by atoms with E-state index in [0.29, 0.717) is 21.8 Å². The molecular formula is C14H14Cl2N2S. The lowest BCUT2D eigenvalue weighted by Gasteiger charge is -2.26. The number of thiophene rings is 1. The molecule has 2 aromatic rings. The minimum absolute atomic E-state index is 0.540. The lowest BCUT2D eigenvalue weighted by molar-refractivity contribution is 0.797. The molecular weight excluding hydrogens is 299 g/mol. The summed E-state index contributed by atoms with van der Waals surface area (Å²) < 4.78 is 0. The lowest BCUT2D eigenvalue weighted by Crippen LogP contribution is -2.25. The second-order valence-corrected chi connectivity index (χ2v) is 6.42. The molecule has 2 N–H and O–H groups in total. The Morgan fingerprint density at radius 1 is 1.26 bits per heavy atom. The molecule has 1 aromatic heterocycles. The summed E-state index contributed by atoms with van der Waals surface area (Å²) in [6, 6.07) is 6.22. The quantitative estimate of drug-likeness (QED) is 0.821. The SMILES string of the molecule is Nc1cc(Cl)c(N(Cc2ccsc2)C2CC2)c(Cl)c1. The van der Waals surface area contributed by atoms with Crippen LogP contribution >= 0.6 is 34.5 Å². The van der Waals surface area contributed by atoms with E-state index in [1.165, 1.54) is 18.4 Å². The van der Waals surface area contributed by atoms with E-state index in [1.807, 2.05) is 0 Å². The van der Waals surface area contributed by atoms with Gasteiger partial charge in [-0.25, -0.2) is 0 Å². The van der Waals surface area contributed by atoms with Crippen molar-refractivity contribution in [1.82, 2.24) is 0 Å². The Kier molecular flexibility index (Phi) is 3.61. The van der Waals surface area contributed by atoms with E-state index in [0.717, 1.165) is 12.2 Å². The molecule has 1 heterocycles. The maximum atomic E-state index is 6.34. The van der Waals surface area contributed by atoms with Gasteiger partial charge < -0.3 is 10.6 Å². The molecule has 0 aliphatic heterocycles. The van der Waals surface area contributed by atoms with E-state index in [2.05, 4.69) is 21.7 Å². The zero-order valence-electron chi connectivity index (χ0n) is 10.3. The molecule has 0 spiro atoms. The first-order valence-electron chi connectivity index (χ1n) is 6.17. The fraction of sp³-hybridized carbons (Fsp3) is 0.286. The van der Waals surface area contributed by atoms with Crippen LogP contribution in [0.15, 0.2) is 29.0 Å². The van der Waals surface area contributed by atoms with Gasteiger partial charge in [0.2, 0.25) is 0 Å². The van der Waals surface area contributed by atoms with E-state index in [1.54, 1.807) is 23.5 Å². The topological polar surface area (TPSA) is 29.3 Å². The number of rotatable bonds is 4. The van der Waals surface area contributed by atoms with Crippen LogP contribution in [0.1, 0.15) is 18.4 Å². The van der Waals surface area contributed by atoms with Crippen molar-refractivity contribution in [3.05, 3.63) is 44.6 Å². The summed E-state index contributed by atoms with van der Waals surface area (Å²) in [5.41, 5.74) is 8.57. The van der Waals surface area contributed by atoms with Gasteiger partial charge in [0.25, 0.3) is 0 Å². The normalized spacial score (nSPS) is 14.6. The second-order valence-electron chi connectivity index (χ2n) is 4.82. The Morgan fingerprint density at radius 2 is 1.95 bits per heavy atom. The second kappa shape index (κ2) is 5.23. The van der Waals surface area contributed by atoms with Crippen molar-refractivity contribution in [2.45, 2.75) is 25.4 Å². The van der Waals surface area contributed by atoms with Crippen molar-refractivity contribution in [2.75, 3.05) is 10.6 Å². The molecule has 3 rings (SSSR count). The number of nitrogens with two attached hydrogens (primary N) is 1. The highest BCUT2D eigenvalue weighted by Crippen LogP contribution is 2.42. The molecule has 19 heavy (non-hydrogen) atoms. The van der Waals surface area contributed by atoms with Crippen LogP contribution in [0, 0.1) is 0 Å². The van der Waals surface area contributed by atoms with Crippen molar-refractivity contribution in [1.29, 1.82) is 0 Å². The van der Waals surface area contributed by atoms with Crippen LogP contribution in [0.4, 0.5) is 11.4 Å². The average molecular weight is 313 g/mol. The number of anilines is 2. The van der Waals surface area contributed by atoms with Crippen molar-refractivity contribution in [3.8, 4) is 0 Å². The molecule has 1 saturated carbocycles. The van der Waals surface area contributed by atoms with Gasteiger partial charge in [0, 0.05) is 18.3 Å². The zero-order valence-corrected chi connectivity index (χ0v) is 12.6. The molecule has 0 amide bonds. The predicted molar refractivity (Wildman–Crippen MR) is 84.4 cm³/mol. The van der Waals surface area contributed by atoms with Crippen LogP contribution in [0.5, 0.6) is 0 Å². The molecule has 0 atom stereocenters. The van der Waals surface area contributed by atoms with E-state index in [-0.39, 0.29) is 0 Å². The lowest BCUT2D eigenvalue weighted by atomic mass is 10.2. The summed E-state index contributed by atoms with van der Waals surface area (Å²) in [6.07, 6.45) is 2.39. The molecule has 5 heteroatoms. The third-order valence-corrected chi connectivity index (χ3v) is 4.56. The predicted octanol–water partition coefficient (Wildman–Crippen LogP) is 4.81. The largest absolute Gasteiger partial charge is 0.399 e. The Bertz CT molecular complexity index is 556. The average Bonchev–Trinajstić information content (AvgIpc) is 3.05. The van der Waals surface area contributed by atoms with Crippen LogP contribution in [0.25, 0.3) is 0 Å². The fourth-order valence-electron chi connectivity index (χ4n) is 2.22. The number of nitrogens with zero attached hydrogens (tertiary/aromatic N) is 1. The number of nitrogen functional groups attached to an aromatic ring is 1. The van der Waals surface area contributed by atoms with Crippen molar-refractivity contribution >= 4 is 45.9 Å². The van der Waals surface area contributed by atoms with Gasteiger partial charge in [-0.15, -0.1) is 0 Å². The summed E-state index contributed by atoms with van der Waals surface area (Å²) >= 11 is 14.4. The molecule has 100 valence electrons. The summed E-state index contributed by atoms with van der Waals surface area (Å²) in [4.78, 5) is 2.30. The molecule has 0 saturated heterocycles. The first-order valence-corrected chi connectivity index (χ1v) is 7.87. The Hall–Kier alpha value is -0.900. The van der Waals surface area contributed by atoms with Crippen LogP contribution in [-0.2, 0) is 6.54 Å². The van der Waals surface area contributed by atoms with E-state index in [9.17, 15) is 0 Å². The molecule has 1 aliphatic carbocycles. The van der Waals surface area contributed by atoms with Gasteiger partial charge in [0.05, 0.1) is 15.7 Å². The van der Waals surface area contributed by atoms with Crippen molar-refractivity contribution < 1.29 is 0 Å². The summed E-state index contributed by atoms with van der Waals surface area (Å²) in [5, 5.41) is 5.51.